The van der Waals surface area contributed by atoms with E-state index in [0.29, 0.717) is 46.6 Å². The number of carbonyl (C=O) groups excluding carboxylic acids is 1. The summed E-state index contributed by atoms with van der Waals surface area (Å²) < 4.78 is 41.9. The van der Waals surface area contributed by atoms with Gasteiger partial charge in [-0.2, -0.15) is 5.10 Å². The van der Waals surface area contributed by atoms with Crippen LogP contribution in [0.15, 0.2) is 42.6 Å². The van der Waals surface area contributed by atoms with E-state index in [9.17, 15) is 18.0 Å². The zero-order valence-corrected chi connectivity index (χ0v) is 17.3. The van der Waals surface area contributed by atoms with Crippen molar-refractivity contribution in [3.05, 3.63) is 71.6 Å². The number of H-pyrrole nitrogens is 1. The lowest BCUT2D eigenvalue weighted by Crippen LogP contribution is -2.37. The fraction of sp³-hybridized carbons (Fsp3) is 0.261. The fourth-order valence-corrected chi connectivity index (χ4v) is 4.32. The first-order valence-corrected chi connectivity index (χ1v) is 10.3. The number of nitrogens with zero attached hydrogens (tertiary/aromatic N) is 4. The van der Waals surface area contributed by atoms with Crippen molar-refractivity contribution in [2.45, 2.75) is 25.3 Å². The number of nitrogens with one attached hydrogen (secondary N) is 1. The van der Waals surface area contributed by atoms with Crippen LogP contribution in [-0.4, -0.2) is 43.1 Å². The largest absolute Gasteiger partial charge is 0.342 e. The minimum Gasteiger partial charge on any atom is -0.342 e. The molecule has 1 N–H and O–H groups in total. The van der Waals surface area contributed by atoms with Crippen molar-refractivity contribution in [3.8, 4) is 11.1 Å². The molecule has 1 unspecified atom stereocenters. The van der Waals surface area contributed by atoms with Crippen molar-refractivity contribution in [1.29, 1.82) is 0 Å². The highest BCUT2D eigenvalue weighted by atomic mass is 19.2. The monoisotopic (exact) mass is 439 g/mol. The van der Waals surface area contributed by atoms with E-state index in [-0.39, 0.29) is 17.8 Å². The van der Waals surface area contributed by atoms with Crippen molar-refractivity contribution >= 4 is 16.9 Å². The van der Waals surface area contributed by atoms with Crippen LogP contribution in [0.25, 0.3) is 22.2 Å². The van der Waals surface area contributed by atoms with Crippen LogP contribution in [0.3, 0.4) is 0 Å². The zero-order chi connectivity index (χ0) is 22.4. The van der Waals surface area contributed by atoms with Crippen LogP contribution in [0, 0.1) is 17.5 Å². The summed E-state index contributed by atoms with van der Waals surface area (Å²) in [6.45, 7) is 0.576. The van der Waals surface area contributed by atoms with Gasteiger partial charge in [0.1, 0.15) is 11.6 Å². The van der Waals surface area contributed by atoms with Crippen LogP contribution in [0.1, 0.15) is 29.2 Å². The molecule has 1 fully saturated rings. The number of aryl methyl sites for hydroxylation is 1. The molecule has 0 bridgehead atoms. The smallest absolute Gasteiger partial charge is 0.275 e. The van der Waals surface area contributed by atoms with Gasteiger partial charge in [0.2, 0.25) is 0 Å². The third-order valence-electron chi connectivity index (χ3n) is 5.83. The number of carbonyl (C=O) groups is 1. The fourth-order valence-electron chi connectivity index (χ4n) is 4.32. The Labute approximate surface area is 181 Å². The van der Waals surface area contributed by atoms with E-state index in [0.717, 1.165) is 25.0 Å². The van der Waals surface area contributed by atoms with Crippen LogP contribution in [0.2, 0.25) is 0 Å². The van der Waals surface area contributed by atoms with E-state index in [1.54, 1.807) is 35.0 Å². The molecule has 0 spiro atoms. The second kappa shape index (κ2) is 7.81. The number of amides is 1. The van der Waals surface area contributed by atoms with Crippen LogP contribution in [0.5, 0.6) is 0 Å². The number of fused-ring (bicyclic) bond motifs is 1. The van der Waals surface area contributed by atoms with Gasteiger partial charge in [-0.05, 0) is 30.5 Å². The summed E-state index contributed by atoms with van der Waals surface area (Å²) >= 11 is 0. The summed E-state index contributed by atoms with van der Waals surface area (Å²) in [7, 11) is 1.73. The standard InChI is InChI=1S/C23H20F3N5O/c1-30-12-16(13-4-6-14(24)7-5-13)22(29-30)23(32)31-8-2-3-15(31)9-21-27-19-10-17(25)18(26)11-20(19)28-21/h4-7,10-12,15H,2-3,8-9H2,1H3,(H,27,28). The normalized spacial score (nSPS) is 16.2. The molecule has 2 aromatic heterocycles. The highest BCUT2D eigenvalue weighted by Gasteiger charge is 2.33. The van der Waals surface area contributed by atoms with Gasteiger partial charge in [0.05, 0.1) is 11.0 Å². The van der Waals surface area contributed by atoms with Gasteiger partial charge in [-0.15, -0.1) is 0 Å². The number of imidazole rings is 1. The Morgan fingerprint density at radius 2 is 1.91 bits per heavy atom. The molecule has 1 atom stereocenters. The molecule has 1 aliphatic rings. The average molecular weight is 439 g/mol. The van der Waals surface area contributed by atoms with E-state index in [1.165, 1.54) is 12.1 Å². The second-order valence-corrected chi connectivity index (χ2v) is 8.04. The molecule has 0 aliphatic carbocycles. The minimum atomic E-state index is -0.948. The second-order valence-electron chi connectivity index (χ2n) is 8.04. The maximum absolute atomic E-state index is 13.5. The molecule has 4 aromatic rings. The number of aromatic nitrogens is 4. The molecule has 0 saturated carbocycles. The van der Waals surface area contributed by atoms with Crippen molar-refractivity contribution < 1.29 is 18.0 Å². The molecule has 5 rings (SSSR count). The van der Waals surface area contributed by atoms with E-state index in [1.807, 2.05) is 0 Å². The van der Waals surface area contributed by atoms with Crippen LogP contribution >= 0.6 is 0 Å². The molecule has 6 nitrogen and oxygen atoms in total. The van der Waals surface area contributed by atoms with Gasteiger partial charge in [0.25, 0.3) is 5.91 Å². The first kappa shape index (κ1) is 20.3. The Kier molecular flexibility index (Phi) is 4.96. The molecule has 1 aliphatic heterocycles. The van der Waals surface area contributed by atoms with Gasteiger partial charge in [0, 0.05) is 49.9 Å². The van der Waals surface area contributed by atoms with Crippen LogP contribution < -0.4 is 0 Å². The first-order valence-electron chi connectivity index (χ1n) is 10.3. The summed E-state index contributed by atoms with van der Waals surface area (Å²) in [6, 6.07) is 7.97. The van der Waals surface area contributed by atoms with Gasteiger partial charge < -0.3 is 9.88 Å². The van der Waals surface area contributed by atoms with E-state index < -0.39 is 11.6 Å². The predicted molar refractivity (Wildman–Crippen MR) is 112 cm³/mol. The third kappa shape index (κ3) is 3.63. The predicted octanol–water partition coefficient (Wildman–Crippen LogP) is 4.23. The molecule has 1 amide bonds. The quantitative estimate of drug-likeness (QED) is 0.518. The summed E-state index contributed by atoms with van der Waals surface area (Å²) in [5.74, 6) is -1.88. The highest BCUT2D eigenvalue weighted by Crippen LogP contribution is 2.28. The highest BCUT2D eigenvalue weighted by molar-refractivity contribution is 5.99. The topological polar surface area (TPSA) is 66.8 Å². The van der Waals surface area contributed by atoms with Crippen molar-refractivity contribution in [1.82, 2.24) is 24.6 Å². The van der Waals surface area contributed by atoms with Crippen molar-refractivity contribution in [3.63, 3.8) is 0 Å². The Bertz CT molecular complexity index is 1270. The molecule has 164 valence electrons. The van der Waals surface area contributed by atoms with Crippen LogP contribution in [-0.2, 0) is 13.5 Å². The van der Waals surface area contributed by atoms with E-state index in [2.05, 4.69) is 15.1 Å². The van der Waals surface area contributed by atoms with Gasteiger partial charge >= 0.3 is 0 Å². The maximum Gasteiger partial charge on any atom is 0.275 e. The zero-order valence-electron chi connectivity index (χ0n) is 17.3. The van der Waals surface area contributed by atoms with Gasteiger partial charge in [-0.1, -0.05) is 12.1 Å². The lowest BCUT2D eigenvalue weighted by atomic mass is 10.1. The number of hydrogen-bond acceptors (Lipinski definition) is 3. The van der Waals surface area contributed by atoms with Gasteiger partial charge in [0.15, 0.2) is 17.3 Å². The SMILES string of the molecule is Cn1cc(-c2ccc(F)cc2)c(C(=O)N2CCCC2Cc2nc3cc(F)c(F)cc3[nH]2)n1. The molecular weight excluding hydrogens is 419 g/mol. The van der Waals surface area contributed by atoms with Crippen LogP contribution in [0.4, 0.5) is 13.2 Å². The Morgan fingerprint density at radius 1 is 1.16 bits per heavy atom. The summed E-state index contributed by atoms with van der Waals surface area (Å²) in [5.41, 5.74) is 2.41. The number of hydrogen-bond donors (Lipinski definition) is 1. The molecule has 32 heavy (non-hydrogen) atoms. The lowest BCUT2D eigenvalue weighted by Gasteiger charge is -2.23. The molecule has 2 aromatic carbocycles. The van der Waals surface area contributed by atoms with Crippen molar-refractivity contribution in [2.24, 2.45) is 7.05 Å². The van der Waals surface area contributed by atoms with E-state index >= 15 is 0 Å². The Morgan fingerprint density at radius 3 is 2.69 bits per heavy atom. The lowest BCUT2D eigenvalue weighted by molar-refractivity contribution is 0.0729. The molecule has 1 saturated heterocycles. The van der Waals surface area contributed by atoms with Gasteiger partial charge in [-0.25, -0.2) is 18.2 Å². The maximum atomic E-state index is 13.5. The molecule has 3 heterocycles. The number of rotatable bonds is 4. The number of benzene rings is 2. The summed E-state index contributed by atoms with van der Waals surface area (Å²) in [4.78, 5) is 22.6. The van der Waals surface area contributed by atoms with E-state index in [4.69, 9.17) is 0 Å². The average Bonchev–Trinajstić information content (AvgIpc) is 3.47. The number of halogens is 3. The third-order valence-corrected chi connectivity index (χ3v) is 5.83. The van der Waals surface area contributed by atoms with Crippen molar-refractivity contribution in [2.75, 3.05) is 6.54 Å². The molecular formula is C23H20F3N5O. The summed E-state index contributed by atoms with van der Waals surface area (Å²) in [6.07, 6.45) is 3.79. The Hall–Kier alpha value is -3.62. The minimum absolute atomic E-state index is 0.124. The van der Waals surface area contributed by atoms with Gasteiger partial charge in [-0.3, -0.25) is 9.48 Å². The summed E-state index contributed by atoms with van der Waals surface area (Å²) in [5, 5.41) is 4.37. The molecule has 9 heteroatoms. The Balaban J connectivity index is 1.41. The first-order chi connectivity index (χ1) is 15.4. The molecule has 0 radical (unpaired) electrons. The number of aromatic amines is 1. The number of likely N-dealkylation sites (tertiary alicyclic amines) is 1.